The molecule has 2 nitrogen and oxygen atoms in total. The molecule has 1 saturated heterocycles. The number of halogens is 1. The summed E-state index contributed by atoms with van der Waals surface area (Å²) < 4.78 is 0. The molecule has 1 aliphatic heterocycles. The molecule has 1 aromatic heterocycles. The van der Waals surface area contributed by atoms with E-state index in [-0.39, 0.29) is 0 Å². The highest BCUT2D eigenvalue weighted by Gasteiger charge is 2.21. The van der Waals surface area contributed by atoms with Crippen molar-refractivity contribution in [3.8, 4) is 0 Å². The van der Waals surface area contributed by atoms with Crippen LogP contribution < -0.4 is 0 Å². The molecule has 1 fully saturated rings. The molecule has 0 amide bonds. The van der Waals surface area contributed by atoms with Gasteiger partial charge in [-0.3, -0.25) is 9.88 Å². The number of hydrogen-bond donors (Lipinski definition) is 0. The third-order valence-corrected chi connectivity index (χ3v) is 3.18. The summed E-state index contributed by atoms with van der Waals surface area (Å²) >= 11 is 5.84. The molecule has 0 radical (unpaired) electrons. The quantitative estimate of drug-likeness (QED) is 0.711. The van der Waals surface area contributed by atoms with Gasteiger partial charge in [0.2, 0.25) is 0 Å². The summed E-state index contributed by atoms with van der Waals surface area (Å²) in [7, 11) is 0. The maximum atomic E-state index is 5.84. The van der Waals surface area contributed by atoms with Crippen LogP contribution in [0.15, 0.2) is 24.5 Å². The second kappa shape index (κ2) is 4.76. The van der Waals surface area contributed by atoms with Crippen molar-refractivity contribution in [1.82, 2.24) is 9.88 Å². The van der Waals surface area contributed by atoms with E-state index in [4.69, 9.17) is 11.6 Å². The van der Waals surface area contributed by atoms with Gasteiger partial charge in [-0.25, -0.2) is 0 Å². The van der Waals surface area contributed by atoms with E-state index in [0.29, 0.717) is 5.92 Å². The highest BCUT2D eigenvalue weighted by molar-refractivity contribution is 6.18. The summed E-state index contributed by atoms with van der Waals surface area (Å²) in [6.07, 6.45) is 4.95. The van der Waals surface area contributed by atoms with Crippen LogP contribution in [0.25, 0.3) is 0 Å². The number of nitrogens with zero attached hydrogens (tertiary/aromatic N) is 2. The Hall–Kier alpha value is -0.600. The Morgan fingerprint density at radius 1 is 1.43 bits per heavy atom. The molecule has 2 rings (SSSR count). The summed E-state index contributed by atoms with van der Waals surface area (Å²) in [5.74, 6) is 1.49. The van der Waals surface area contributed by atoms with Gasteiger partial charge in [0.15, 0.2) is 0 Å². The van der Waals surface area contributed by atoms with Gasteiger partial charge >= 0.3 is 0 Å². The second-order valence-corrected chi connectivity index (χ2v) is 4.21. The highest BCUT2D eigenvalue weighted by Crippen LogP contribution is 2.19. The summed E-state index contributed by atoms with van der Waals surface area (Å²) in [5.41, 5.74) is 1.34. The third-order valence-electron chi connectivity index (χ3n) is 2.74. The Morgan fingerprint density at radius 3 is 2.86 bits per heavy atom. The lowest BCUT2D eigenvalue weighted by Gasteiger charge is -2.14. The molecule has 0 aromatic carbocycles. The van der Waals surface area contributed by atoms with Gasteiger partial charge in [-0.1, -0.05) is 0 Å². The topological polar surface area (TPSA) is 16.1 Å². The molecule has 2 heterocycles. The van der Waals surface area contributed by atoms with Gasteiger partial charge in [-0.2, -0.15) is 0 Å². The van der Waals surface area contributed by atoms with Crippen LogP contribution in [0.5, 0.6) is 0 Å². The Bertz CT molecular complexity index is 276. The zero-order valence-electron chi connectivity index (χ0n) is 8.19. The molecular weight excluding hydrogens is 196 g/mol. The van der Waals surface area contributed by atoms with Crippen LogP contribution in [0.1, 0.15) is 12.0 Å². The van der Waals surface area contributed by atoms with Crippen LogP contribution in [0.4, 0.5) is 0 Å². The van der Waals surface area contributed by atoms with Crippen LogP contribution in [0, 0.1) is 5.92 Å². The van der Waals surface area contributed by atoms with E-state index in [0.717, 1.165) is 19.0 Å². The minimum Gasteiger partial charge on any atom is -0.299 e. The number of alkyl halides is 1. The molecule has 0 spiro atoms. The lowest BCUT2D eigenvalue weighted by Crippen LogP contribution is -2.20. The maximum Gasteiger partial charge on any atom is 0.0271 e. The molecule has 1 unspecified atom stereocenters. The Kier molecular flexibility index (Phi) is 3.38. The average Bonchev–Trinajstić information content (AvgIpc) is 2.67. The van der Waals surface area contributed by atoms with E-state index >= 15 is 0 Å². The van der Waals surface area contributed by atoms with Gasteiger partial charge in [-0.05, 0) is 36.6 Å². The molecular formula is C11H15ClN2. The molecule has 1 aromatic rings. The molecule has 3 heteroatoms. The summed E-state index contributed by atoms with van der Waals surface area (Å²) in [5, 5.41) is 0. The first kappa shape index (κ1) is 9.94. The van der Waals surface area contributed by atoms with Gasteiger partial charge in [-0.15, -0.1) is 11.6 Å². The normalized spacial score (nSPS) is 22.8. The fourth-order valence-corrected chi connectivity index (χ4v) is 2.18. The van der Waals surface area contributed by atoms with Crippen molar-refractivity contribution in [3.05, 3.63) is 30.1 Å². The SMILES string of the molecule is ClCC1CCN(Cc2ccncc2)C1. The number of rotatable bonds is 3. The van der Waals surface area contributed by atoms with E-state index in [9.17, 15) is 0 Å². The third kappa shape index (κ3) is 2.46. The minimum atomic E-state index is 0.693. The molecule has 76 valence electrons. The van der Waals surface area contributed by atoms with Crippen molar-refractivity contribution in [2.24, 2.45) is 5.92 Å². The first-order valence-electron chi connectivity index (χ1n) is 5.05. The zero-order valence-corrected chi connectivity index (χ0v) is 8.95. The van der Waals surface area contributed by atoms with Gasteiger partial charge in [0, 0.05) is 31.4 Å². The van der Waals surface area contributed by atoms with Gasteiger partial charge in [0.1, 0.15) is 0 Å². The van der Waals surface area contributed by atoms with Gasteiger partial charge in [0.25, 0.3) is 0 Å². The largest absolute Gasteiger partial charge is 0.299 e. The smallest absolute Gasteiger partial charge is 0.0271 e. The number of aromatic nitrogens is 1. The zero-order chi connectivity index (χ0) is 9.80. The number of pyridine rings is 1. The molecule has 0 aliphatic carbocycles. The van der Waals surface area contributed by atoms with E-state index in [1.54, 1.807) is 0 Å². The van der Waals surface area contributed by atoms with Crippen LogP contribution in [0.3, 0.4) is 0 Å². The molecule has 14 heavy (non-hydrogen) atoms. The van der Waals surface area contributed by atoms with E-state index in [1.165, 1.54) is 18.5 Å². The van der Waals surface area contributed by atoms with Crippen molar-refractivity contribution >= 4 is 11.6 Å². The first-order chi connectivity index (χ1) is 6.88. The fraction of sp³-hybridized carbons (Fsp3) is 0.545. The van der Waals surface area contributed by atoms with Crippen molar-refractivity contribution in [2.75, 3.05) is 19.0 Å². The van der Waals surface area contributed by atoms with Crippen LogP contribution in [0.2, 0.25) is 0 Å². The lowest BCUT2D eigenvalue weighted by atomic mass is 10.2. The molecule has 0 N–H and O–H groups in total. The fourth-order valence-electron chi connectivity index (χ4n) is 1.93. The Morgan fingerprint density at radius 2 is 2.21 bits per heavy atom. The Balaban J connectivity index is 1.88. The van der Waals surface area contributed by atoms with E-state index < -0.39 is 0 Å². The molecule has 0 bridgehead atoms. The van der Waals surface area contributed by atoms with Crippen molar-refractivity contribution in [2.45, 2.75) is 13.0 Å². The van der Waals surface area contributed by atoms with E-state index in [1.807, 2.05) is 12.4 Å². The van der Waals surface area contributed by atoms with Gasteiger partial charge < -0.3 is 0 Å². The number of hydrogen-bond acceptors (Lipinski definition) is 2. The van der Waals surface area contributed by atoms with Gasteiger partial charge in [0.05, 0.1) is 0 Å². The predicted octanol–water partition coefficient (Wildman–Crippen LogP) is 2.14. The van der Waals surface area contributed by atoms with E-state index in [2.05, 4.69) is 22.0 Å². The standard InChI is InChI=1S/C11H15ClN2/c12-7-11-3-6-14(9-11)8-10-1-4-13-5-2-10/h1-2,4-5,11H,3,6-9H2. The first-order valence-corrected chi connectivity index (χ1v) is 5.59. The molecule has 0 saturated carbocycles. The maximum absolute atomic E-state index is 5.84. The average molecular weight is 211 g/mol. The van der Waals surface area contributed by atoms with Crippen LogP contribution in [-0.2, 0) is 6.54 Å². The van der Waals surface area contributed by atoms with Crippen LogP contribution in [-0.4, -0.2) is 28.9 Å². The monoisotopic (exact) mass is 210 g/mol. The van der Waals surface area contributed by atoms with Crippen molar-refractivity contribution in [1.29, 1.82) is 0 Å². The minimum absolute atomic E-state index is 0.693. The summed E-state index contributed by atoms with van der Waals surface area (Å²) in [6.45, 7) is 3.36. The number of likely N-dealkylation sites (tertiary alicyclic amines) is 1. The lowest BCUT2D eigenvalue weighted by molar-refractivity contribution is 0.321. The molecule has 1 aliphatic rings. The van der Waals surface area contributed by atoms with Crippen molar-refractivity contribution < 1.29 is 0 Å². The summed E-state index contributed by atoms with van der Waals surface area (Å²) in [6, 6.07) is 4.15. The Labute approximate surface area is 89.9 Å². The van der Waals surface area contributed by atoms with Crippen LogP contribution >= 0.6 is 11.6 Å². The molecule has 1 atom stereocenters. The summed E-state index contributed by atoms with van der Waals surface area (Å²) in [4.78, 5) is 6.47. The highest BCUT2D eigenvalue weighted by atomic mass is 35.5. The second-order valence-electron chi connectivity index (χ2n) is 3.90. The predicted molar refractivity (Wildman–Crippen MR) is 58.3 cm³/mol. The van der Waals surface area contributed by atoms with Crippen molar-refractivity contribution in [3.63, 3.8) is 0 Å².